The van der Waals surface area contributed by atoms with Gasteiger partial charge in [0.2, 0.25) is 0 Å². The number of ketones is 1. The molecule has 2 aromatic carbocycles. The Hall–Kier alpha value is -2.75. The molecule has 3 rings (SSSR count). The maximum atomic E-state index is 13.1. The van der Waals surface area contributed by atoms with Gasteiger partial charge in [0.25, 0.3) is 0 Å². The van der Waals surface area contributed by atoms with Crippen LogP contribution in [0.15, 0.2) is 47.6 Å². The van der Waals surface area contributed by atoms with Gasteiger partial charge in [-0.3, -0.25) is 9.59 Å². The molecule has 0 bridgehead atoms. The molecule has 1 atom stereocenters. The zero-order valence-corrected chi connectivity index (χ0v) is 17.9. The van der Waals surface area contributed by atoms with E-state index in [2.05, 4.69) is 66.3 Å². The van der Waals surface area contributed by atoms with Crippen LogP contribution in [0, 0.1) is 5.41 Å². The first-order valence-corrected chi connectivity index (χ1v) is 10.2. The summed E-state index contributed by atoms with van der Waals surface area (Å²) < 4.78 is 0. The maximum absolute atomic E-state index is 13.1. The molecule has 0 aromatic heterocycles. The third-order valence-electron chi connectivity index (χ3n) is 6.51. The molecule has 0 heterocycles. The molecule has 152 valence electrons. The highest BCUT2D eigenvalue weighted by Gasteiger charge is 2.41. The molecule has 0 saturated carbocycles. The van der Waals surface area contributed by atoms with E-state index in [9.17, 15) is 9.59 Å². The number of Topliss-reactive ketones (excluding diaryl/α,β-unsaturated/α-hetero) is 1. The molecule has 1 aliphatic rings. The van der Waals surface area contributed by atoms with E-state index in [1.807, 2.05) is 6.92 Å². The van der Waals surface area contributed by atoms with Gasteiger partial charge < -0.3 is 4.84 Å². The van der Waals surface area contributed by atoms with Crippen molar-refractivity contribution >= 4 is 18.5 Å². The average molecular weight is 392 g/mol. The molecule has 2 aromatic rings. The Morgan fingerprint density at radius 3 is 2.41 bits per heavy atom. The molecule has 4 nitrogen and oxygen atoms in total. The van der Waals surface area contributed by atoms with Crippen LogP contribution >= 0.6 is 0 Å². The number of rotatable bonds is 8. The number of carbonyl (C=O) groups excluding carboxylic acids is 2. The van der Waals surface area contributed by atoms with Gasteiger partial charge in [0, 0.05) is 11.3 Å². The fourth-order valence-electron chi connectivity index (χ4n) is 4.71. The van der Waals surface area contributed by atoms with Crippen LogP contribution in [0.2, 0.25) is 0 Å². The Morgan fingerprint density at radius 1 is 1.10 bits per heavy atom. The highest BCUT2D eigenvalue weighted by Crippen LogP contribution is 2.53. The first kappa shape index (κ1) is 21.0. The number of hydrogen-bond acceptors (Lipinski definition) is 4. The smallest absolute Gasteiger partial charge is 0.322 e. The predicted molar refractivity (Wildman–Crippen MR) is 116 cm³/mol. The SMILES string of the molecule is CCC1(CC)c2ccccc2-c2ccc(C(C)C(=O)C(C)(C)/C=N/OC=O)cc21. The lowest BCUT2D eigenvalue weighted by Gasteiger charge is -2.30. The molecule has 0 fully saturated rings. The second kappa shape index (κ2) is 7.94. The van der Waals surface area contributed by atoms with Gasteiger partial charge in [0.1, 0.15) is 0 Å². The van der Waals surface area contributed by atoms with Crippen molar-refractivity contribution in [2.75, 3.05) is 0 Å². The van der Waals surface area contributed by atoms with Crippen LogP contribution < -0.4 is 0 Å². The van der Waals surface area contributed by atoms with E-state index in [0.29, 0.717) is 0 Å². The Bertz CT molecular complexity index is 954. The van der Waals surface area contributed by atoms with Crippen molar-refractivity contribution in [3.05, 3.63) is 59.2 Å². The van der Waals surface area contributed by atoms with Crippen molar-refractivity contribution in [2.24, 2.45) is 10.6 Å². The largest absolute Gasteiger partial charge is 0.323 e. The van der Waals surface area contributed by atoms with Gasteiger partial charge in [-0.1, -0.05) is 68.4 Å². The first-order chi connectivity index (χ1) is 13.8. The minimum Gasteiger partial charge on any atom is -0.322 e. The average Bonchev–Trinajstić information content (AvgIpc) is 3.02. The second-order valence-corrected chi connectivity index (χ2v) is 8.38. The standard InChI is InChI=1S/C25H29NO3/c1-6-25(7-2)21-11-9-8-10-19(21)20-13-12-18(14-22(20)25)17(3)23(28)24(4,5)15-26-29-16-27/h8-17H,6-7H2,1-5H3/b26-15+. The highest BCUT2D eigenvalue weighted by molar-refractivity contribution is 6.02. The third-order valence-corrected chi connectivity index (χ3v) is 6.51. The number of nitrogens with zero attached hydrogens (tertiary/aromatic N) is 1. The van der Waals surface area contributed by atoms with Crippen molar-refractivity contribution < 1.29 is 14.4 Å². The normalized spacial score (nSPS) is 15.6. The van der Waals surface area contributed by atoms with Crippen molar-refractivity contribution in [3.63, 3.8) is 0 Å². The summed E-state index contributed by atoms with van der Waals surface area (Å²) in [6, 6.07) is 15.1. The monoisotopic (exact) mass is 391 g/mol. The van der Waals surface area contributed by atoms with E-state index in [-0.39, 0.29) is 23.6 Å². The van der Waals surface area contributed by atoms with Crippen LogP contribution in [0.4, 0.5) is 0 Å². The van der Waals surface area contributed by atoms with Gasteiger partial charge in [-0.05, 0) is 54.5 Å². The van der Waals surface area contributed by atoms with Crippen LogP contribution in [0.25, 0.3) is 11.1 Å². The Balaban J connectivity index is 2.02. The molecule has 29 heavy (non-hydrogen) atoms. The minimum absolute atomic E-state index is 0.0144. The number of hydrogen-bond donors (Lipinski definition) is 0. The summed E-state index contributed by atoms with van der Waals surface area (Å²) in [5.74, 6) is -0.266. The summed E-state index contributed by atoms with van der Waals surface area (Å²) in [5.41, 5.74) is 5.43. The van der Waals surface area contributed by atoms with Crippen LogP contribution in [0.1, 0.15) is 70.1 Å². The number of benzene rings is 2. The summed E-state index contributed by atoms with van der Waals surface area (Å²) in [4.78, 5) is 27.9. The number of carbonyl (C=O) groups is 2. The molecule has 0 amide bonds. The Kier molecular flexibility index (Phi) is 5.74. The van der Waals surface area contributed by atoms with Gasteiger partial charge in [-0.25, -0.2) is 0 Å². The molecule has 0 radical (unpaired) electrons. The molecular formula is C25H29NO3. The Labute approximate surface area is 173 Å². The zero-order chi connectivity index (χ0) is 21.2. The highest BCUT2D eigenvalue weighted by atomic mass is 16.7. The maximum Gasteiger partial charge on any atom is 0.323 e. The van der Waals surface area contributed by atoms with E-state index in [0.717, 1.165) is 18.4 Å². The van der Waals surface area contributed by atoms with Gasteiger partial charge in [0.15, 0.2) is 5.78 Å². The van der Waals surface area contributed by atoms with Gasteiger partial charge in [-0.15, -0.1) is 0 Å². The minimum atomic E-state index is -0.836. The van der Waals surface area contributed by atoms with Crippen LogP contribution in [-0.4, -0.2) is 18.5 Å². The van der Waals surface area contributed by atoms with Crippen molar-refractivity contribution in [1.82, 2.24) is 0 Å². The van der Waals surface area contributed by atoms with E-state index < -0.39 is 5.41 Å². The predicted octanol–water partition coefficient (Wildman–Crippen LogP) is 5.63. The zero-order valence-electron chi connectivity index (χ0n) is 17.9. The Morgan fingerprint density at radius 2 is 1.76 bits per heavy atom. The van der Waals surface area contributed by atoms with E-state index in [1.54, 1.807) is 13.8 Å². The summed E-state index contributed by atoms with van der Waals surface area (Å²) in [5, 5.41) is 3.58. The molecule has 0 N–H and O–H groups in total. The molecule has 4 heteroatoms. The number of fused-ring (bicyclic) bond motifs is 3. The molecular weight excluding hydrogens is 362 g/mol. The third kappa shape index (κ3) is 3.41. The fourth-order valence-corrected chi connectivity index (χ4v) is 4.71. The molecule has 0 spiro atoms. The molecule has 0 aliphatic heterocycles. The van der Waals surface area contributed by atoms with E-state index in [1.165, 1.54) is 28.5 Å². The summed E-state index contributed by atoms with van der Waals surface area (Å²) in [6.45, 7) is 10.2. The van der Waals surface area contributed by atoms with Gasteiger partial charge in [0.05, 0.1) is 11.6 Å². The van der Waals surface area contributed by atoms with E-state index in [4.69, 9.17) is 0 Å². The van der Waals surface area contributed by atoms with Crippen LogP contribution in [-0.2, 0) is 19.8 Å². The van der Waals surface area contributed by atoms with Crippen LogP contribution in [0.5, 0.6) is 0 Å². The summed E-state index contributed by atoms with van der Waals surface area (Å²) in [7, 11) is 0. The van der Waals surface area contributed by atoms with Crippen molar-refractivity contribution in [3.8, 4) is 11.1 Å². The van der Waals surface area contributed by atoms with Crippen molar-refractivity contribution in [1.29, 1.82) is 0 Å². The molecule has 1 aliphatic carbocycles. The second-order valence-electron chi connectivity index (χ2n) is 8.38. The quantitative estimate of drug-likeness (QED) is 0.254. The molecule has 1 unspecified atom stereocenters. The van der Waals surface area contributed by atoms with E-state index >= 15 is 0 Å². The van der Waals surface area contributed by atoms with Crippen molar-refractivity contribution in [2.45, 2.75) is 58.8 Å². The summed E-state index contributed by atoms with van der Waals surface area (Å²) in [6.07, 6.45) is 3.42. The topological polar surface area (TPSA) is 55.7 Å². The first-order valence-electron chi connectivity index (χ1n) is 10.2. The number of oxime groups is 1. The van der Waals surface area contributed by atoms with Gasteiger partial charge >= 0.3 is 6.47 Å². The molecule has 0 saturated heterocycles. The van der Waals surface area contributed by atoms with Gasteiger partial charge in [-0.2, -0.15) is 0 Å². The lowest BCUT2D eigenvalue weighted by atomic mass is 9.72. The fraction of sp³-hybridized carbons (Fsp3) is 0.400. The summed E-state index contributed by atoms with van der Waals surface area (Å²) >= 11 is 0. The van der Waals surface area contributed by atoms with Crippen LogP contribution in [0.3, 0.4) is 0 Å². The lowest BCUT2D eigenvalue weighted by molar-refractivity contribution is -0.129. The lowest BCUT2D eigenvalue weighted by Crippen LogP contribution is -2.30.